The van der Waals surface area contributed by atoms with Crippen molar-refractivity contribution in [3.05, 3.63) is 71.5 Å². The molecule has 0 aliphatic heterocycles. The maximum atomic E-state index is 12.5. The zero-order valence-corrected chi connectivity index (χ0v) is 13.2. The second-order valence-corrected chi connectivity index (χ2v) is 5.07. The molecule has 2 aromatic rings. The van der Waals surface area contributed by atoms with E-state index in [2.05, 4.69) is 10.9 Å². The molecule has 0 aromatic heterocycles. The van der Waals surface area contributed by atoms with Crippen LogP contribution in [-0.4, -0.2) is 25.2 Å². The van der Waals surface area contributed by atoms with Gasteiger partial charge in [0.1, 0.15) is 12.4 Å². The second-order valence-electron chi connectivity index (χ2n) is 5.07. The third kappa shape index (κ3) is 3.06. The number of allylic oxidation sites excluding steroid dienone is 2. The van der Waals surface area contributed by atoms with Crippen LogP contribution < -0.4 is 4.74 Å². The van der Waals surface area contributed by atoms with Crippen molar-refractivity contribution in [3.63, 3.8) is 0 Å². The standard InChI is InChI=1S/C20H15NO3/c1-3-12-24-19-13-18(16-6-4-5-7-17(16)20(19)22)21-14-8-10-15(23-2)11-9-14/h1,4-11,13H,12H2,2H3. The number of ether oxygens (including phenoxy) is 2. The molecule has 0 atom stereocenters. The molecule has 0 amide bonds. The first-order valence-corrected chi connectivity index (χ1v) is 7.37. The number of carbonyl (C=O) groups excluding carboxylic acids is 1. The average molecular weight is 317 g/mol. The van der Waals surface area contributed by atoms with Gasteiger partial charge in [0.2, 0.25) is 5.78 Å². The van der Waals surface area contributed by atoms with Gasteiger partial charge >= 0.3 is 0 Å². The molecular formula is C20H15NO3. The molecule has 118 valence electrons. The Morgan fingerprint density at radius 1 is 1.08 bits per heavy atom. The summed E-state index contributed by atoms with van der Waals surface area (Å²) in [5, 5.41) is 0. The van der Waals surface area contributed by atoms with Crippen LogP contribution in [0.15, 0.2) is 65.4 Å². The molecule has 3 rings (SSSR count). The lowest BCUT2D eigenvalue weighted by Crippen LogP contribution is -2.19. The Bertz CT molecular complexity index is 871. The van der Waals surface area contributed by atoms with Gasteiger partial charge in [-0.1, -0.05) is 30.2 Å². The van der Waals surface area contributed by atoms with Crippen LogP contribution in [0.3, 0.4) is 0 Å². The number of rotatable bonds is 4. The van der Waals surface area contributed by atoms with Crippen LogP contribution in [0.2, 0.25) is 0 Å². The number of nitrogens with zero attached hydrogens (tertiary/aromatic N) is 1. The van der Waals surface area contributed by atoms with Crippen molar-refractivity contribution in [2.24, 2.45) is 4.99 Å². The number of methoxy groups -OCH3 is 1. The van der Waals surface area contributed by atoms with Crippen LogP contribution >= 0.6 is 0 Å². The molecule has 2 aromatic carbocycles. The number of hydrogen-bond acceptors (Lipinski definition) is 4. The average Bonchev–Trinajstić information content (AvgIpc) is 2.63. The van der Waals surface area contributed by atoms with Gasteiger partial charge in [-0.2, -0.15) is 0 Å². The Labute approximate surface area is 140 Å². The molecule has 0 radical (unpaired) electrons. The van der Waals surface area contributed by atoms with E-state index in [1.54, 1.807) is 19.3 Å². The highest BCUT2D eigenvalue weighted by atomic mass is 16.5. The summed E-state index contributed by atoms with van der Waals surface area (Å²) in [6.45, 7) is 0.0373. The van der Waals surface area contributed by atoms with Crippen molar-refractivity contribution in [1.29, 1.82) is 0 Å². The van der Waals surface area contributed by atoms with E-state index in [9.17, 15) is 4.79 Å². The molecule has 0 saturated carbocycles. The summed E-state index contributed by atoms with van der Waals surface area (Å²) >= 11 is 0. The fourth-order valence-electron chi connectivity index (χ4n) is 2.42. The van der Waals surface area contributed by atoms with E-state index in [1.165, 1.54) is 0 Å². The quantitative estimate of drug-likeness (QED) is 0.810. The van der Waals surface area contributed by atoms with Crippen molar-refractivity contribution in [2.75, 3.05) is 13.7 Å². The number of Topliss-reactive ketones (excluding diaryl/α,β-unsaturated/α-hetero) is 1. The summed E-state index contributed by atoms with van der Waals surface area (Å²) in [6.07, 6.45) is 6.85. The zero-order chi connectivity index (χ0) is 16.9. The highest BCUT2D eigenvalue weighted by Crippen LogP contribution is 2.25. The number of terminal acetylenes is 1. The Morgan fingerprint density at radius 3 is 2.46 bits per heavy atom. The van der Waals surface area contributed by atoms with Crippen molar-refractivity contribution >= 4 is 17.2 Å². The number of carbonyl (C=O) groups is 1. The molecule has 1 aliphatic rings. The van der Waals surface area contributed by atoms with Crippen LogP contribution in [0.4, 0.5) is 5.69 Å². The molecule has 1 aliphatic carbocycles. The largest absolute Gasteiger partial charge is 0.497 e. The monoisotopic (exact) mass is 317 g/mol. The van der Waals surface area contributed by atoms with Crippen molar-refractivity contribution < 1.29 is 14.3 Å². The van der Waals surface area contributed by atoms with E-state index in [0.29, 0.717) is 11.3 Å². The van der Waals surface area contributed by atoms with E-state index in [4.69, 9.17) is 15.9 Å². The zero-order valence-electron chi connectivity index (χ0n) is 13.2. The molecule has 0 bridgehead atoms. The summed E-state index contributed by atoms with van der Waals surface area (Å²) in [5.41, 5.74) is 2.73. The molecule has 0 N–H and O–H groups in total. The molecule has 4 nitrogen and oxygen atoms in total. The van der Waals surface area contributed by atoms with Crippen LogP contribution in [0, 0.1) is 12.3 Å². The Morgan fingerprint density at radius 2 is 1.79 bits per heavy atom. The maximum Gasteiger partial charge on any atom is 0.228 e. The SMILES string of the molecule is C#CCOC1=CC(=Nc2ccc(OC)cc2)c2ccccc2C1=O. The van der Waals surface area contributed by atoms with Gasteiger partial charge in [0.25, 0.3) is 0 Å². The minimum atomic E-state index is -0.186. The lowest BCUT2D eigenvalue weighted by atomic mass is 9.93. The summed E-state index contributed by atoms with van der Waals surface area (Å²) in [7, 11) is 1.61. The maximum absolute atomic E-state index is 12.5. The lowest BCUT2D eigenvalue weighted by molar-refractivity contribution is 0.0937. The third-order valence-electron chi connectivity index (χ3n) is 3.57. The molecule has 4 heteroatoms. The van der Waals surface area contributed by atoms with Crippen molar-refractivity contribution in [1.82, 2.24) is 0 Å². The first-order valence-electron chi connectivity index (χ1n) is 7.37. The molecule has 0 unspecified atom stereocenters. The minimum Gasteiger partial charge on any atom is -0.497 e. The van der Waals surface area contributed by atoms with Gasteiger partial charge < -0.3 is 9.47 Å². The van der Waals surface area contributed by atoms with Gasteiger partial charge in [-0.15, -0.1) is 6.42 Å². The second kappa shape index (κ2) is 6.84. The number of hydrogen-bond donors (Lipinski definition) is 0. The van der Waals surface area contributed by atoms with Crippen molar-refractivity contribution in [3.8, 4) is 18.1 Å². The minimum absolute atomic E-state index is 0.0373. The molecule has 0 heterocycles. The van der Waals surface area contributed by atoms with Crippen LogP contribution in [-0.2, 0) is 4.74 Å². The smallest absolute Gasteiger partial charge is 0.228 e. The Hall–Kier alpha value is -3.32. The predicted molar refractivity (Wildman–Crippen MR) is 92.8 cm³/mol. The van der Waals surface area contributed by atoms with Crippen molar-refractivity contribution in [2.45, 2.75) is 0 Å². The normalized spacial score (nSPS) is 14.6. The first-order chi connectivity index (χ1) is 11.7. The van der Waals surface area contributed by atoms with E-state index in [-0.39, 0.29) is 18.1 Å². The molecule has 0 saturated heterocycles. The van der Waals surface area contributed by atoms with Gasteiger partial charge in [0.15, 0.2) is 5.76 Å². The fraction of sp³-hybridized carbons (Fsp3) is 0.100. The van der Waals surface area contributed by atoms with Crippen LogP contribution in [0.1, 0.15) is 15.9 Å². The van der Waals surface area contributed by atoms with Crippen LogP contribution in [0.5, 0.6) is 5.75 Å². The summed E-state index contributed by atoms with van der Waals surface area (Å²) in [6, 6.07) is 14.7. The third-order valence-corrected chi connectivity index (χ3v) is 3.57. The predicted octanol–water partition coefficient (Wildman–Crippen LogP) is 3.55. The van der Waals surface area contributed by atoms with E-state index in [1.807, 2.05) is 42.5 Å². The first kappa shape index (κ1) is 15.6. The highest BCUT2D eigenvalue weighted by molar-refractivity contribution is 6.25. The van der Waals surface area contributed by atoms with Gasteiger partial charge in [0, 0.05) is 17.2 Å². The van der Waals surface area contributed by atoms with Crippen LogP contribution in [0.25, 0.3) is 0 Å². The summed E-state index contributed by atoms with van der Waals surface area (Å²) < 4.78 is 10.5. The Kier molecular flexibility index (Phi) is 4.44. The van der Waals surface area contributed by atoms with Gasteiger partial charge in [-0.05, 0) is 24.3 Å². The topological polar surface area (TPSA) is 47.9 Å². The number of fused-ring (bicyclic) bond motifs is 1. The Balaban J connectivity index is 2.05. The van der Waals surface area contributed by atoms with Gasteiger partial charge in [-0.25, -0.2) is 4.99 Å². The number of aliphatic imine (C=N–C) groups is 1. The van der Waals surface area contributed by atoms with E-state index >= 15 is 0 Å². The molecule has 0 spiro atoms. The summed E-state index contributed by atoms with van der Waals surface area (Å²) in [5.74, 6) is 3.15. The number of benzene rings is 2. The highest BCUT2D eigenvalue weighted by Gasteiger charge is 2.25. The summed E-state index contributed by atoms with van der Waals surface area (Å²) in [4.78, 5) is 17.1. The van der Waals surface area contributed by atoms with Gasteiger partial charge in [-0.3, -0.25) is 4.79 Å². The number of ketones is 1. The molecule has 24 heavy (non-hydrogen) atoms. The lowest BCUT2D eigenvalue weighted by Gasteiger charge is -2.17. The van der Waals surface area contributed by atoms with E-state index in [0.717, 1.165) is 17.0 Å². The molecular weight excluding hydrogens is 302 g/mol. The fourth-order valence-corrected chi connectivity index (χ4v) is 2.42. The van der Waals surface area contributed by atoms with Gasteiger partial charge in [0.05, 0.1) is 18.5 Å². The van der Waals surface area contributed by atoms with E-state index < -0.39 is 0 Å². The molecule has 0 fully saturated rings.